The van der Waals surface area contributed by atoms with Crippen molar-refractivity contribution in [3.05, 3.63) is 11.9 Å². The van der Waals surface area contributed by atoms with Crippen LogP contribution in [-0.4, -0.2) is 40.3 Å². The molecule has 0 aliphatic rings. The standard InChI is InChI=1S/C13H24N4O/c1-6-14-11-8-12(16-10(3)15-11)17(7-2)9-13(4,5)18/h8,18H,6-7,9H2,1-5H3,(H,14,15,16). The zero-order valence-corrected chi connectivity index (χ0v) is 12.0. The van der Waals surface area contributed by atoms with Crippen LogP contribution in [0.2, 0.25) is 0 Å². The van der Waals surface area contributed by atoms with Crippen molar-refractivity contribution in [3.8, 4) is 0 Å². The molecule has 0 radical (unpaired) electrons. The van der Waals surface area contributed by atoms with Crippen LogP contribution in [0.5, 0.6) is 0 Å². The van der Waals surface area contributed by atoms with Crippen LogP contribution in [0.15, 0.2) is 6.07 Å². The lowest BCUT2D eigenvalue weighted by molar-refractivity contribution is 0.0874. The minimum atomic E-state index is -0.743. The molecule has 0 saturated heterocycles. The Morgan fingerprint density at radius 1 is 1.33 bits per heavy atom. The van der Waals surface area contributed by atoms with Crippen molar-refractivity contribution in [2.75, 3.05) is 29.9 Å². The summed E-state index contributed by atoms with van der Waals surface area (Å²) in [6.07, 6.45) is 0. The molecule has 0 fully saturated rings. The number of hydrogen-bond acceptors (Lipinski definition) is 5. The first-order valence-corrected chi connectivity index (χ1v) is 6.42. The molecule has 102 valence electrons. The highest BCUT2D eigenvalue weighted by molar-refractivity contribution is 5.49. The number of likely N-dealkylation sites (N-methyl/N-ethyl adjacent to an activating group) is 1. The van der Waals surface area contributed by atoms with Gasteiger partial charge in [-0.1, -0.05) is 0 Å². The van der Waals surface area contributed by atoms with Crippen molar-refractivity contribution in [2.24, 2.45) is 0 Å². The van der Waals surface area contributed by atoms with Crippen molar-refractivity contribution in [1.29, 1.82) is 0 Å². The smallest absolute Gasteiger partial charge is 0.134 e. The molecule has 18 heavy (non-hydrogen) atoms. The van der Waals surface area contributed by atoms with Crippen molar-refractivity contribution in [3.63, 3.8) is 0 Å². The molecule has 0 atom stereocenters. The third kappa shape index (κ3) is 4.49. The molecule has 0 unspecified atom stereocenters. The van der Waals surface area contributed by atoms with Gasteiger partial charge in [0.25, 0.3) is 0 Å². The highest BCUT2D eigenvalue weighted by atomic mass is 16.3. The quantitative estimate of drug-likeness (QED) is 0.808. The van der Waals surface area contributed by atoms with Crippen LogP contribution in [-0.2, 0) is 0 Å². The van der Waals surface area contributed by atoms with Gasteiger partial charge >= 0.3 is 0 Å². The summed E-state index contributed by atoms with van der Waals surface area (Å²) in [5.74, 6) is 2.41. The van der Waals surface area contributed by atoms with Crippen LogP contribution in [0.3, 0.4) is 0 Å². The first-order valence-electron chi connectivity index (χ1n) is 6.42. The maximum atomic E-state index is 9.92. The molecule has 0 bridgehead atoms. The van der Waals surface area contributed by atoms with E-state index < -0.39 is 5.60 Å². The largest absolute Gasteiger partial charge is 0.389 e. The van der Waals surface area contributed by atoms with Gasteiger partial charge in [-0.2, -0.15) is 0 Å². The normalized spacial score (nSPS) is 11.4. The third-order valence-corrected chi connectivity index (χ3v) is 2.47. The molecule has 5 heteroatoms. The van der Waals surface area contributed by atoms with Crippen LogP contribution in [0.4, 0.5) is 11.6 Å². The highest BCUT2D eigenvalue weighted by Crippen LogP contribution is 2.18. The van der Waals surface area contributed by atoms with Gasteiger partial charge in [-0.15, -0.1) is 0 Å². The lowest BCUT2D eigenvalue weighted by atomic mass is 10.1. The van der Waals surface area contributed by atoms with Gasteiger partial charge in [0.15, 0.2) is 0 Å². The molecule has 1 aromatic rings. The molecule has 0 spiro atoms. The van der Waals surface area contributed by atoms with Crippen LogP contribution < -0.4 is 10.2 Å². The second-order valence-electron chi connectivity index (χ2n) is 5.02. The van der Waals surface area contributed by atoms with E-state index in [-0.39, 0.29) is 0 Å². The maximum absolute atomic E-state index is 9.92. The van der Waals surface area contributed by atoms with Crippen LogP contribution >= 0.6 is 0 Å². The number of anilines is 2. The van der Waals surface area contributed by atoms with Crippen LogP contribution in [0.25, 0.3) is 0 Å². The third-order valence-electron chi connectivity index (χ3n) is 2.47. The van der Waals surface area contributed by atoms with Crippen LogP contribution in [0, 0.1) is 6.92 Å². The number of nitrogens with one attached hydrogen (secondary N) is 1. The van der Waals surface area contributed by atoms with Gasteiger partial charge in [0.2, 0.25) is 0 Å². The Hall–Kier alpha value is -1.36. The molecule has 0 amide bonds. The van der Waals surface area contributed by atoms with E-state index in [4.69, 9.17) is 0 Å². The van der Waals surface area contributed by atoms with E-state index in [1.807, 2.05) is 19.9 Å². The average molecular weight is 252 g/mol. The van der Waals surface area contributed by atoms with Gasteiger partial charge in [0, 0.05) is 25.7 Å². The number of hydrogen-bond donors (Lipinski definition) is 2. The molecule has 1 aromatic heterocycles. The highest BCUT2D eigenvalue weighted by Gasteiger charge is 2.19. The Labute approximate surface area is 109 Å². The van der Waals surface area contributed by atoms with Gasteiger partial charge in [0.05, 0.1) is 5.60 Å². The topological polar surface area (TPSA) is 61.3 Å². The fraction of sp³-hybridized carbons (Fsp3) is 0.692. The van der Waals surface area contributed by atoms with Gasteiger partial charge in [-0.25, -0.2) is 9.97 Å². The first kappa shape index (κ1) is 14.7. The van der Waals surface area contributed by atoms with E-state index in [9.17, 15) is 5.11 Å². The van der Waals surface area contributed by atoms with Gasteiger partial charge < -0.3 is 15.3 Å². The monoisotopic (exact) mass is 252 g/mol. The van der Waals surface area contributed by atoms with E-state index in [0.717, 1.165) is 30.5 Å². The van der Waals surface area contributed by atoms with E-state index in [2.05, 4.69) is 27.1 Å². The summed E-state index contributed by atoms with van der Waals surface area (Å²) < 4.78 is 0. The number of aliphatic hydroxyl groups is 1. The number of aromatic nitrogens is 2. The number of rotatable bonds is 6. The molecular weight excluding hydrogens is 228 g/mol. The van der Waals surface area contributed by atoms with E-state index in [1.54, 1.807) is 13.8 Å². The average Bonchev–Trinajstić information content (AvgIpc) is 2.24. The fourth-order valence-corrected chi connectivity index (χ4v) is 1.81. The van der Waals surface area contributed by atoms with E-state index >= 15 is 0 Å². The molecule has 0 aliphatic carbocycles. The zero-order chi connectivity index (χ0) is 13.8. The molecule has 1 rings (SSSR count). The summed E-state index contributed by atoms with van der Waals surface area (Å²) in [4.78, 5) is 10.8. The van der Waals surface area contributed by atoms with Gasteiger partial charge in [-0.3, -0.25) is 0 Å². The second-order valence-corrected chi connectivity index (χ2v) is 5.02. The molecule has 1 heterocycles. The summed E-state index contributed by atoms with van der Waals surface area (Å²) in [5.41, 5.74) is -0.743. The lowest BCUT2D eigenvalue weighted by Crippen LogP contribution is -2.39. The number of aryl methyl sites for hydroxylation is 1. The maximum Gasteiger partial charge on any atom is 0.134 e. The molecule has 5 nitrogen and oxygen atoms in total. The molecule has 0 aromatic carbocycles. The molecule has 2 N–H and O–H groups in total. The predicted molar refractivity (Wildman–Crippen MR) is 75.1 cm³/mol. The van der Waals surface area contributed by atoms with Gasteiger partial charge in [0.1, 0.15) is 17.5 Å². The molecule has 0 saturated carbocycles. The Bertz CT molecular complexity index is 387. The summed E-state index contributed by atoms with van der Waals surface area (Å²) in [7, 11) is 0. The SMILES string of the molecule is CCNc1cc(N(CC)CC(C)(C)O)nc(C)n1. The number of nitrogens with zero attached hydrogens (tertiary/aromatic N) is 3. The summed E-state index contributed by atoms with van der Waals surface area (Å²) in [6, 6.07) is 1.92. The minimum absolute atomic E-state index is 0.547. The lowest BCUT2D eigenvalue weighted by Gasteiger charge is -2.29. The van der Waals surface area contributed by atoms with Crippen molar-refractivity contribution >= 4 is 11.6 Å². The van der Waals surface area contributed by atoms with Crippen molar-refractivity contribution in [2.45, 2.75) is 40.2 Å². The minimum Gasteiger partial charge on any atom is -0.389 e. The Balaban J connectivity index is 2.98. The summed E-state index contributed by atoms with van der Waals surface area (Å²) in [5, 5.41) is 13.1. The van der Waals surface area contributed by atoms with Crippen molar-refractivity contribution in [1.82, 2.24) is 9.97 Å². The van der Waals surface area contributed by atoms with E-state index in [0.29, 0.717) is 6.54 Å². The first-order chi connectivity index (χ1) is 8.35. The Morgan fingerprint density at radius 2 is 2.00 bits per heavy atom. The van der Waals surface area contributed by atoms with Gasteiger partial charge in [-0.05, 0) is 34.6 Å². The fourth-order valence-electron chi connectivity index (χ4n) is 1.81. The second kappa shape index (κ2) is 6.00. The summed E-state index contributed by atoms with van der Waals surface area (Å²) in [6.45, 7) is 11.7. The Morgan fingerprint density at radius 3 is 2.50 bits per heavy atom. The Kier molecular flexibility index (Phi) is 4.90. The molecule has 0 aliphatic heterocycles. The molecular formula is C13H24N4O. The summed E-state index contributed by atoms with van der Waals surface area (Å²) >= 11 is 0. The van der Waals surface area contributed by atoms with E-state index in [1.165, 1.54) is 0 Å². The zero-order valence-electron chi connectivity index (χ0n) is 12.0. The van der Waals surface area contributed by atoms with Crippen molar-refractivity contribution < 1.29 is 5.11 Å². The predicted octanol–water partition coefficient (Wildman–Crippen LogP) is 1.81. The van der Waals surface area contributed by atoms with Crippen LogP contribution in [0.1, 0.15) is 33.5 Å².